The van der Waals surface area contributed by atoms with Crippen LogP contribution in [0.15, 0.2) is 17.1 Å². The third-order valence-corrected chi connectivity index (χ3v) is 4.51. The summed E-state index contributed by atoms with van der Waals surface area (Å²) in [6, 6.07) is 3.57. The molecule has 2 rings (SSSR count). The normalized spacial score (nSPS) is 12.3. The van der Waals surface area contributed by atoms with Crippen molar-refractivity contribution < 1.29 is 4.79 Å². The number of carbonyl (C=O) groups is 1. The van der Waals surface area contributed by atoms with E-state index in [9.17, 15) is 4.79 Å². The van der Waals surface area contributed by atoms with Gasteiger partial charge in [0.1, 0.15) is 0 Å². The van der Waals surface area contributed by atoms with Crippen LogP contribution in [0.2, 0.25) is 10.0 Å². The number of aryl methyl sites for hydroxylation is 1. The largest absolute Gasteiger partial charge is 0.315 e. The molecule has 108 valence electrons. The van der Waals surface area contributed by atoms with Crippen molar-refractivity contribution in [1.29, 1.82) is 0 Å². The van der Waals surface area contributed by atoms with Crippen LogP contribution in [0.1, 0.15) is 33.1 Å². The van der Waals surface area contributed by atoms with Crippen LogP contribution < -0.4 is 4.80 Å². The Bertz CT molecular complexity index is 703. The first kappa shape index (κ1) is 15.5. The van der Waals surface area contributed by atoms with Gasteiger partial charge < -0.3 is 4.57 Å². The Hall–Kier alpha value is -0.840. The Morgan fingerprint density at radius 2 is 2.10 bits per heavy atom. The van der Waals surface area contributed by atoms with Crippen molar-refractivity contribution in [3.05, 3.63) is 27.0 Å². The number of unbranched alkanes of at least 4 members (excludes halogenated alkanes) is 1. The summed E-state index contributed by atoms with van der Waals surface area (Å²) in [5, 5.41) is 1.18. The molecular formula is C14H16Cl2N2OS. The fourth-order valence-corrected chi connectivity index (χ4v) is 3.89. The molecule has 0 N–H and O–H groups in total. The van der Waals surface area contributed by atoms with Gasteiger partial charge in [0.05, 0.1) is 15.2 Å². The Morgan fingerprint density at radius 3 is 2.75 bits per heavy atom. The molecule has 1 aromatic heterocycles. The molecule has 0 bridgehead atoms. The molecule has 3 nitrogen and oxygen atoms in total. The minimum absolute atomic E-state index is 0.0807. The van der Waals surface area contributed by atoms with Crippen molar-refractivity contribution in [2.45, 2.75) is 39.7 Å². The zero-order valence-corrected chi connectivity index (χ0v) is 13.8. The highest BCUT2D eigenvalue weighted by molar-refractivity contribution is 7.16. The van der Waals surface area contributed by atoms with Gasteiger partial charge in [0.2, 0.25) is 5.91 Å². The summed E-state index contributed by atoms with van der Waals surface area (Å²) >= 11 is 13.7. The number of hydrogen-bond acceptors (Lipinski definition) is 2. The quantitative estimate of drug-likeness (QED) is 0.803. The fraction of sp³-hybridized carbons (Fsp3) is 0.429. The third kappa shape index (κ3) is 3.25. The van der Waals surface area contributed by atoms with Crippen molar-refractivity contribution >= 4 is 50.7 Å². The summed E-state index contributed by atoms with van der Waals surface area (Å²) in [6.45, 7) is 4.77. The second-order valence-corrected chi connectivity index (χ2v) is 6.33. The van der Waals surface area contributed by atoms with Crippen molar-refractivity contribution in [3.8, 4) is 0 Å². The van der Waals surface area contributed by atoms with Crippen LogP contribution >= 0.6 is 34.5 Å². The fourth-order valence-electron chi connectivity index (χ4n) is 2.00. The summed E-state index contributed by atoms with van der Waals surface area (Å²) in [4.78, 5) is 16.7. The predicted molar refractivity (Wildman–Crippen MR) is 85.6 cm³/mol. The Labute approximate surface area is 131 Å². The lowest BCUT2D eigenvalue weighted by Gasteiger charge is -2.02. The number of halogens is 2. The van der Waals surface area contributed by atoms with Gasteiger partial charge in [-0.05, 0) is 25.5 Å². The number of benzene rings is 1. The first-order valence-electron chi connectivity index (χ1n) is 6.62. The first-order valence-corrected chi connectivity index (χ1v) is 8.20. The summed E-state index contributed by atoms with van der Waals surface area (Å²) in [7, 11) is 0. The molecule has 0 aliphatic carbocycles. The van der Waals surface area contributed by atoms with Crippen molar-refractivity contribution in [3.63, 3.8) is 0 Å². The van der Waals surface area contributed by atoms with E-state index in [-0.39, 0.29) is 5.91 Å². The van der Waals surface area contributed by atoms with E-state index >= 15 is 0 Å². The van der Waals surface area contributed by atoms with Crippen LogP contribution in [0.4, 0.5) is 0 Å². The molecule has 1 aromatic carbocycles. The van der Waals surface area contributed by atoms with E-state index in [1.807, 2.05) is 17.6 Å². The average Bonchev–Trinajstić information content (AvgIpc) is 2.73. The number of carbonyl (C=O) groups excluding carboxylic acids is 1. The van der Waals surface area contributed by atoms with Gasteiger partial charge in [0, 0.05) is 18.0 Å². The van der Waals surface area contributed by atoms with Gasteiger partial charge in [-0.3, -0.25) is 4.79 Å². The van der Waals surface area contributed by atoms with Crippen LogP contribution in [-0.2, 0) is 11.3 Å². The molecule has 20 heavy (non-hydrogen) atoms. The molecule has 0 fully saturated rings. The van der Waals surface area contributed by atoms with Gasteiger partial charge in [-0.1, -0.05) is 47.9 Å². The molecular weight excluding hydrogens is 315 g/mol. The summed E-state index contributed by atoms with van der Waals surface area (Å²) in [5.41, 5.74) is 0.894. The van der Waals surface area contributed by atoms with E-state index in [4.69, 9.17) is 23.2 Å². The van der Waals surface area contributed by atoms with Gasteiger partial charge in [-0.15, -0.1) is 0 Å². The smallest absolute Gasteiger partial charge is 0.248 e. The van der Waals surface area contributed by atoms with E-state index in [0.29, 0.717) is 27.8 Å². The molecule has 2 aromatic rings. The Morgan fingerprint density at radius 1 is 1.35 bits per heavy atom. The van der Waals surface area contributed by atoms with Crippen LogP contribution in [0, 0.1) is 0 Å². The van der Waals surface area contributed by atoms with E-state index in [1.54, 1.807) is 6.07 Å². The molecule has 1 amide bonds. The molecule has 0 saturated carbocycles. The van der Waals surface area contributed by atoms with Crippen LogP contribution in [0.3, 0.4) is 0 Å². The first-order chi connectivity index (χ1) is 9.56. The number of rotatable bonds is 4. The predicted octanol–water partition coefficient (Wildman–Crippen LogP) is 4.65. The monoisotopic (exact) mass is 330 g/mol. The SMILES string of the molecule is CCCCC(=O)N=c1sc2cc(Cl)cc(Cl)c2n1CC. The minimum Gasteiger partial charge on any atom is -0.315 e. The molecule has 0 atom stereocenters. The minimum atomic E-state index is -0.0807. The maximum atomic E-state index is 11.8. The summed E-state index contributed by atoms with van der Waals surface area (Å²) in [5.74, 6) is -0.0807. The summed E-state index contributed by atoms with van der Waals surface area (Å²) < 4.78 is 2.91. The highest BCUT2D eigenvalue weighted by Gasteiger charge is 2.11. The van der Waals surface area contributed by atoms with E-state index in [1.165, 1.54) is 11.3 Å². The zero-order valence-electron chi connectivity index (χ0n) is 11.4. The Kier molecular flexibility index (Phi) is 5.24. The highest BCUT2D eigenvalue weighted by atomic mass is 35.5. The van der Waals surface area contributed by atoms with Gasteiger partial charge in [0.25, 0.3) is 0 Å². The lowest BCUT2D eigenvalue weighted by atomic mass is 10.2. The maximum absolute atomic E-state index is 11.8. The average molecular weight is 331 g/mol. The van der Waals surface area contributed by atoms with Gasteiger partial charge >= 0.3 is 0 Å². The molecule has 0 saturated heterocycles. The maximum Gasteiger partial charge on any atom is 0.248 e. The summed E-state index contributed by atoms with van der Waals surface area (Å²) in [6.07, 6.45) is 2.35. The second kappa shape index (κ2) is 6.74. The van der Waals surface area contributed by atoms with Crippen molar-refractivity contribution in [1.82, 2.24) is 4.57 Å². The van der Waals surface area contributed by atoms with Crippen LogP contribution in [-0.4, -0.2) is 10.5 Å². The zero-order chi connectivity index (χ0) is 14.7. The number of nitrogens with zero attached hydrogens (tertiary/aromatic N) is 2. The standard InChI is InChI=1S/C14H16Cl2N2OS/c1-3-5-6-12(19)17-14-18(4-2)13-10(16)7-9(15)8-11(13)20-14/h7-8H,3-6H2,1-2H3. The lowest BCUT2D eigenvalue weighted by Crippen LogP contribution is -2.15. The molecule has 0 aliphatic rings. The molecule has 1 heterocycles. The lowest BCUT2D eigenvalue weighted by molar-refractivity contribution is -0.118. The number of amides is 1. The molecule has 0 aliphatic heterocycles. The van der Waals surface area contributed by atoms with Crippen LogP contribution in [0.5, 0.6) is 0 Å². The van der Waals surface area contributed by atoms with Crippen molar-refractivity contribution in [2.75, 3.05) is 0 Å². The van der Waals surface area contributed by atoms with E-state index in [0.717, 1.165) is 23.1 Å². The van der Waals surface area contributed by atoms with E-state index < -0.39 is 0 Å². The van der Waals surface area contributed by atoms with E-state index in [2.05, 4.69) is 11.9 Å². The van der Waals surface area contributed by atoms with Crippen LogP contribution in [0.25, 0.3) is 10.2 Å². The molecule has 6 heteroatoms. The molecule has 0 spiro atoms. The van der Waals surface area contributed by atoms with Crippen molar-refractivity contribution in [2.24, 2.45) is 4.99 Å². The second-order valence-electron chi connectivity index (χ2n) is 4.47. The molecule has 0 unspecified atom stereocenters. The third-order valence-electron chi connectivity index (χ3n) is 2.98. The Balaban J connectivity index is 2.56. The number of aromatic nitrogens is 1. The van der Waals surface area contributed by atoms with Gasteiger partial charge in [-0.25, -0.2) is 0 Å². The van der Waals surface area contributed by atoms with Gasteiger partial charge in [-0.2, -0.15) is 4.99 Å². The highest BCUT2D eigenvalue weighted by Crippen LogP contribution is 2.29. The number of hydrogen-bond donors (Lipinski definition) is 0. The molecule has 0 radical (unpaired) electrons. The topological polar surface area (TPSA) is 34.4 Å². The number of thiazole rings is 1. The van der Waals surface area contributed by atoms with Gasteiger partial charge in [0.15, 0.2) is 4.80 Å². The number of fused-ring (bicyclic) bond motifs is 1.